The van der Waals surface area contributed by atoms with E-state index in [-0.39, 0.29) is 18.2 Å². The summed E-state index contributed by atoms with van der Waals surface area (Å²) in [6, 6.07) is 6.37. The van der Waals surface area contributed by atoms with Crippen LogP contribution in [0.25, 0.3) is 0 Å². The molecule has 5 heteroatoms. The second-order valence-corrected chi connectivity index (χ2v) is 6.88. The number of nitrogens with zero attached hydrogens (tertiary/aromatic N) is 1. The van der Waals surface area contributed by atoms with Crippen LogP contribution in [0, 0.1) is 6.92 Å². The predicted octanol–water partition coefficient (Wildman–Crippen LogP) is 3.89. The molecule has 4 nitrogen and oxygen atoms in total. The Morgan fingerprint density at radius 1 is 1.36 bits per heavy atom. The van der Waals surface area contributed by atoms with Gasteiger partial charge in [0, 0.05) is 18.0 Å². The molecule has 120 valence electrons. The number of carbonyl (C=O) groups is 1. The summed E-state index contributed by atoms with van der Waals surface area (Å²) in [5.41, 5.74) is 2.05. The summed E-state index contributed by atoms with van der Waals surface area (Å²) in [5, 5.41) is 3.14. The monoisotopic (exact) mass is 320 g/mol. The van der Waals surface area contributed by atoms with Crippen LogP contribution < -0.4 is 5.32 Å². The number of aryl methyl sites for hydroxylation is 1. The zero-order valence-electron chi connectivity index (χ0n) is 13.3. The number of hydrogen-bond donors (Lipinski definition) is 1. The molecule has 0 bridgehead atoms. The topological polar surface area (TPSA) is 41.6 Å². The SMILES string of the molecule is CSc1cccc(C)c1NC(=O)N1CCC[C@H]1[C@H]1CCCO1. The fraction of sp³-hybridized carbons (Fsp3) is 0.588. The molecule has 3 rings (SSSR count). The first kappa shape index (κ1) is 15.7. The lowest BCUT2D eigenvalue weighted by atomic mass is 10.1. The van der Waals surface area contributed by atoms with Crippen molar-refractivity contribution in [3.05, 3.63) is 23.8 Å². The third kappa shape index (κ3) is 3.10. The van der Waals surface area contributed by atoms with E-state index >= 15 is 0 Å². The van der Waals surface area contributed by atoms with Crippen LogP contribution in [0.1, 0.15) is 31.2 Å². The second-order valence-electron chi connectivity index (χ2n) is 6.04. The molecule has 0 radical (unpaired) electrons. The van der Waals surface area contributed by atoms with Crippen LogP contribution in [0.5, 0.6) is 0 Å². The number of amides is 2. The number of urea groups is 1. The molecule has 0 aromatic heterocycles. The van der Waals surface area contributed by atoms with Gasteiger partial charge >= 0.3 is 6.03 Å². The van der Waals surface area contributed by atoms with Gasteiger partial charge in [0.2, 0.25) is 0 Å². The van der Waals surface area contributed by atoms with Gasteiger partial charge in [-0.3, -0.25) is 0 Å². The molecule has 0 saturated carbocycles. The van der Waals surface area contributed by atoms with Crippen LogP contribution in [0.15, 0.2) is 23.1 Å². The summed E-state index contributed by atoms with van der Waals surface area (Å²) < 4.78 is 5.81. The number of rotatable bonds is 3. The van der Waals surface area contributed by atoms with Gasteiger partial charge in [0.15, 0.2) is 0 Å². The van der Waals surface area contributed by atoms with Crippen molar-refractivity contribution in [1.29, 1.82) is 0 Å². The van der Waals surface area contributed by atoms with Crippen LogP contribution in [0.4, 0.5) is 10.5 Å². The van der Waals surface area contributed by atoms with Gasteiger partial charge < -0.3 is 15.0 Å². The number of benzene rings is 1. The molecule has 0 unspecified atom stereocenters. The van der Waals surface area contributed by atoms with Crippen molar-refractivity contribution in [3.8, 4) is 0 Å². The molecule has 1 N–H and O–H groups in total. The molecular weight excluding hydrogens is 296 g/mol. The Bertz CT molecular complexity index is 543. The number of thioether (sulfide) groups is 1. The van der Waals surface area contributed by atoms with Crippen molar-refractivity contribution in [1.82, 2.24) is 4.90 Å². The van der Waals surface area contributed by atoms with Crippen molar-refractivity contribution in [3.63, 3.8) is 0 Å². The number of carbonyl (C=O) groups excluding carboxylic acids is 1. The Balaban J connectivity index is 1.74. The highest BCUT2D eigenvalue weighted by Crippen LogP contribution is 2.31. The quantitative estimate of drug-likeness (QED) is 0.859. The van der Waals surface area contributed by atoms with Crippen LogP contribution in [-0.2, 0) is 4.74 Å². The van der Waals surface area contributed by atoms with Gasteiger partial charge in [-0.05, 0) is 50.5 Å². The lowest BCUT2D eigenvalue weighted by Gasteiger charge is -2.29. The fourth-order valence-corrected chi connectivity index (χ4v) is 4.12. The number of likely N-dealkylation sites (tertiary alicyclic amines) is 1. The molecule has 22 heavy (non-hydrogen) atoms. The predicted molar refractivity (Wildman–Crippen MR) is 90.7 cm³/mol. The van der Waals surface area contributed by atoms with E-state index in [1.165, 1.54) is 0 Å². The summed E-state index contributed by atoms with van der Waals surface area (Å²) in [6.45, 7) is 3.71. The summed E-state index contributed by atoms with van der Waals surface area (Å²) in [7, 11) is 0. The minimum Gasteiger partial charge on any atom is -0.376 e. The normalized spacial score (nSPS) is 24.7. The minimum atomic E-state index is 0.0163. The molecule has 0 aliphatic carbocycles. The molecule has 2 aliphatic heterocycles. The van der Waals surface area contributed by atoms with E-state index in [0.717, 1.165) is 55.0 Å². The average Bonchev–Trinajstić information content (AvgIpc) is 3.19. The van der Waals surface area contributed by atoms with Gasteiger partial charge in [-0.1, -0.05) is 12.1 Å². The van der Waals surface area contributed by atoms with Crippen molar-refractivity contribution in [2.45, 2.75) is 49.6 Å². The molecule has 1 aromatic carbocycles. The Kier molecular flexibility index (Phi) is 4.93. The third-order valence-electron chi connectivity index (χ3n) is 4.64. The summed E-state index contributed by atoms with van der Waals surface area (Å²) in [6.07, 6.45) is 6.59. The lowest BCUT2D eigenvalue weighted by Crippen LogP contribution is -2.44. The number of para-hydroxylation sites is 1. The van der Waals surface area contributed by atoms with Crippen molar-refractivity contribution in [2.24, 2.45) is 0 Å². The number of nitrogens with one attached hydrogen (secondary N) is 1. The van der Waals surface area contributed by atoms with Gasteiger partial charge in [0.1, 0.15) is 0 Å². The largest absolute Gasteiger partial charge is 0.376 e. The van der Waals surface area contributed by atoms with E-state index in [1.807, 2.05) is 30.2 Å². The average molecular weight is 320 g/mol. The molecule has 2 amide bonds. The first-order valence-corrected chi connectivity index (χ1v) is 9.26. The Morgan fingerprint density at radius 2 is 2.23 bits per heavy atom. The maximum Gasteiger partial charge on any atom is 0.322 e. The lowest BCUT2D eigenvalue weighted by molar-refractivity contribution is 0.0543. The number of anilines is 1. The van der Waals surface area contributed by atoms with Crippen molar-refractivity contribution >= 4 is 23.5 Å². The van der Waals surface area contributed by atoms with Crippen LogP contribution in [-0.4, -0.2) is 42.5 Å². The highest BCUT2D eigenvalue weighted by molar-refractivity contribution is 7.98. The van der Waals surface area contributed by atoms with Gasteiger partial charge in [0.05, 0.1) is 17.8 Å². The maximum absolute atomic E-state index is 12.8. The summed E-state index contributed by atoms with van der Waals surface area (Å²) >= 11 is 1.66. The Morgan fingerprint density at radius 3 is 2.95 bits per heavy atom. The molecule has 2 saturated heterocycles. The number of hydrogen-bond acceptors (Lipinski definition) is 3. The first-order chi connectivity index (χ1) is 10.7. The first-order valence-electron chi connectivity index (χ1n) is 8.03. The minimum absolute atomic E-state index is 0.0163. The van der Waals surface area contributed by atoms with E-state index in [1.54, 1.807) is 11.8 Å². The second kappa shape index (κ2) is 6.92. The smallest absolute Gasteiger partial charge is 0.322 e. The van der Waals surface area contributed by atoms with E-state index in [2.05, 4.69) is 11.4 Å². The van der Waals surface area contributed by atoms with Gasteiger partial charge in [-0.15, -0.1) is 11.8 Å². The highest BCUT2D eigenvalue weighted by atomic mass is 32.2. The molecule has 2 atom stereocenters. The van der Waals surface area contributed by atoms with Crippen LogP contribution in [0.2, 0.25) is 0 Å². The maximum atomic E-state index is 12.8. The molecule has 2 aliphatic rings. The molecule has 0 spiro atoms. The summed E-state index contributed by atoms with van der Waals surface area (Å²) in [4.78, 5) is 15.8. The Hall–Kier alpha value is -1.20. The van der Waals surface area contributed by atoms with E-state index in [0.29, 0.717) is 0 Å². The van der Waals surface area contributed by atoms with Crippen LogP contribution in [0.3, 0.4) is 0 Å². The molecular formula is C17H24N2O2S. The zero-order chi connectivity index (χ0) is 15.5. The fourth-order valence-electron chi connectivity index (χ4n) is 3.49. The van der Waals surface area contributed by atoms with E-state index in [4.69, 9.17) is 4.74 Å². The zero-order valence-corrected chi connectivity index (χ0v) is 14.1. The number of ether oxygens (including phenoxy) is 1. The van der Waals surface area contributed by atoms with Gasteiger partial charge in [-0.2, -0.15) is 0 Å². The molecule has 1 aromatic rings. The third-order valence-corrected chi connectivity index (χ3v) is 5.42. The standard InChI is InChI=1S/C17H24N2O2S/c1-12-6-3-9-15(22-2)16(12)18-17(20)19-10-4-7-13(19)14-8-5-11-21-14/h3,6,9,13-14H,4-5,7-8,10-11H2,1-2H3,(H,18,20)/t13-,14+/m0/s1. The van der Waals surface area contributed by atoms with Gasteiger partial charge in [-0.25, -0.2) is 4.79 Å². The van der Waals surface area contributed by atoms with E-state index < -0.39 is 0 Å². The van der Waals surface area contributed by atoms with Crippen LogP contribution >= 0.6 is 11.8 Å². The highest BCUT2D eigenvalue weighted by Gasteiger charge is 2.37. The summed E-state index contributed by atoms with van der Waals surface area (Å²) in [5.74, 6) is 0. The molecule has 2 fully saturated rings. The van der Waals surface area contributed by atoms with Gasteiger partial charge in [0.25, 0.3) is 0 Å². The van der Waals surface area contributed by atoms with E-state index in [9.17, 15) is 4.79 Å². The Labute approximate surface area is 136 Å². The van der Waals surface area contributed by atoms with Crippen molar-refractivity contribution in [2.75, 3.05) is 24.7 Å². The van der Waals surface area contributed by atoms with Crippen molar-refractivity contribution < 1.29 is 9.53 Å². The molecule has 2 heterocycles.